The lowest BCUT2D eigenvalue weighted by Gasteiger charge is -2.07. The Morgan fingerprint density at radius 3 is 2.39 bits per heavy atom. The highest BCUT2D eigenvalue weighted by atomic mass is 127. The summed E-state index contributed by atoms with van der Waals surface area (Å²) in [5.74, 6) is 1.21. The van der Waals surface area contributed by atoms with Gasteiger partial charge in [0.2, 0.25) is 0 Å². The molecule has 0 aromatic heterocycles. The van der Waals surface area contributed by atoms with Crippen molar-refractivity contribution in [2.75, 3.05) is 25.6 Å². The molecule has 0 spiro atoms. The predicted molar refractivity (Wildman–Crippen MR) is 105 cm³/mol. The van der Waals surface area contributed by atoms with Crippen LogP contribution in [-0.4, -0.2) is 26.3 Å². The number of aliphatic imine (C=N–C) groups is 1. The number of nitrogens with one attached hydrogen (secondary N) is 1. The van der Waals surface area contributed by atoms with Gasteiger partial charge in [-0.2, -0.15) is 0 Å². The van der Waals surface area contributed by atoms with Gasteiger partial charge in [-0.25, -0.2) is 4.99 Å². The van der Waals surface area contributed by atoms with Gasteiger partial charge in [0.25, 0.3) is 0 Å². The number of hydrogen-bond donors (Lipinski definition) is 2. The first-order chi connectivity index (χ1) is 10.8. The molecule has 3 N–H and O–H groups in total. The van der Waals surface area contributed by atoms with Crippen LogP contribution in [0.5, 0.6) is 5.75 Å². The molecule has 0 bridgehead atoms. The minimum atomic E-state index is 0. The molecule has 0 amide bonds. The largest absolute Gasteiger partial charge is 0.491 e. The minimum Gasteiger partial charge on any atom is -0.491 e. The number of benzene rings is 2. The third kappa shape index (κ3) is 7.34. The molecule has 2 aromatic carbocycles. The van der Waals surface area contributed by atoms with Crippen LogP contribution in [0.15, 0.2) is 59.6 Å². The maximum absolute atomic E-state index is 5.86. The van der Waals surface area contributed by atoms with E-state index in [0.717, 1.165) is 17.0 Å². The third-order valence-electron chi connectivity index (χ3n) is 2.96. The fraction of sp³-hybridized carbons (Fsp3) is 0.235. The summed E-state index contributed by atoms with van der Waals surface area (Å²) in [5.41, 5.74) is 7.85. The number of halogens is 1. The highest BCUT2D eigenvalue weighted by Crippen LogP contribution is 2.13. The van der Waals surface area contributed by atoms with Gasteiger partial charge in [-0.15, -0.1) is 24.0 Å². The number of rotatable bonds is 7. The van der Waals surface area contributed by atoms with Crippen LogP contribution >= 0.6 is 24.0 Å². The van der Waals surface area contributed by atoms with Crippen molar-refractivity contribution in [2.24, 2.45) is 10.7 Å². The summed E-state index contributed by atoms with van der Waals surface area (Å²) >= 11 is 0. The predicted octanol–water partition coefficient (Wildman–Crippen LogP) is 3.26. The molecule has 23 heavy (non-hydrogen) atoms. The number of methoxy groups -OCH3 is 1. The van der Waals surface area contributed by atoms with Gasteiger partial charge in [0.1, 0.15) is 12.4 Å². The van der Waals surface area contributed by atoms with Gasteiger partial charge < -0.3 is 20.5 Å². The zero-order chi connectivity index (χ0) is 15.6. The molecule has 0 radical (unpaired) electrons. The lowest BCUT2D eigenvalue weighted by molar-refractivity contribution is 0.146. The van der Waals surface area contributed by atoms with Crippen molar-refractivity contribution < 1.29 is 9.47 Å². The summed E-state index contributed by atoms with van der Waals surface area (Å²) in [6.45, 7) is 1.64. The quantitative estimate of drug-likeness (QED) is 0.308. The smallest absolute Gasteiger partial charge is 0.193 e. The summed E-state index contributed by atoms with van der Waals surface area (Å²) in [5, 5.41) is 3.05. The van der Waals surface area contributed by atoms with E-state index in [-0.39, 0.29) is 24.0 Å². The molecule has 0 unspecified atom stereocenters. The molecule has 124 valence electrons. The fourth-order valence-electron chi connectivity index (χ4n) is 1.82. The SMILES string of the molecule is COCCOc1ccc(CN=C(N)Nc2ccccc2)cc1.I. The number of hydrogen-bond acceptors (Lipinski definition) is 3. The summed E-state index contributed by atoms with van der Waals surface area (Å²) < 4.78 is 10.4. The van der Waals surface area contributed by atoms with E-state index in [1.54, 1.807) is 7.11 Å². The van der Waals surface area contributed by atoms with Gasteiger partial charge >= 0.3 is 0 Å². The van der Waals surface area contributed by atoms with Crippen LogP contribution in [0.1, 0.15) is 5.56 Å². The van der Waals surface area contributed by atoms with Gasteiger partial charge in [-0.3, -0.25) is 0 Å². The maximum Gasteiger partial charge on any atom is 0.193 e. The van der Waals surface area contributed by atoms with Crippen molar-refractivity contribution in [3.05, 3.63) is 60.2 Å². The Morgan fingerprint density at radius 2 is 1.74 bits per heavy atom. The van der Waals surface area contributed by atoms with E-state index in [4.69, 9.17) is 15.2 Å². The van der Waals surface area contributed by atoms with Crippen molar-refractivity contribution in [1.29, 1.82) is 0 Å². The molecule has 0 fully saturated rings. The van der Waals surface area contributed by atoms with E-state index in [9.17, 15) is 0 Å². The summed E-state index contributed by atoms with van der Waals surface area (Å²) in [6.07, 6.45) is 0. The van der Waals surface area contributed by atoms with Crippen LogP contribution in [-0.2, 0) is 11.3 Å². The van der Waals surface area contributed by atoms with Gasteiger partial charge in [0, 0.05) is 12.8 Å². The van der Waals surface area contributed by atoms with Crippen molar-refractivity contribution in [3.8, 4) is 5.75 Å². The number of anilines is 1. The van der Waals surface area contributed by atoms with Crippen LogP contribution < -0.4 is 15.8 Å². The standard InChI is InChI=1S/C17H21N3O2.HI/c1-21-11-12-22-16-9-7-14(8-10-16)13-19-17(18)20-15-5-3-2-4-6-15;/h2-10H,11-13H2,1H3,(H3,18,19,20);1H. The molecular formula is C17H22IN3O2. The molecule has 0 aliphatic rings. The zero-order valence-corrected chi connectivity index (χ0v) is 15.4. The summed E-state index contributed by atoms with van der Waals surface area (Å²) in [4.78, 5) is 4.32. The third-order valence-corrected chi connectivity index (χ3v) is 2.96. The van der Waals surface area contributed by atoms with E-state index in [1.165, 1.54) is 0 Å². The van der Waals surface area contributed by atoms with Gasteiger partial charge in [0.05, 0.1) is 13.2 Å². The van der Waals surface area contributed by atoms with Crippen LogP contribution in [0.25, 0.3) is 0 Å². The van der Waals surface area contributed by atoms with Gasteiger partial charge in [-0.1, -0.05) is 30.3 Å². The Balaban J connectivity index is 0.00000264. The van der Waals surface area contributed by atoms with Crippen molar-refractivity contribution >= 4 is 35.6 Å². The number of para-hydroxylation sites is 1. The first-order valence-corrected chi connectivity index (χ1v) is 7.10. The first-order valence-electron chi connectivity index (χ1n) is 7.10. The van der Waals surface area contributed by atoms with Gasteiger partial charge in [-0.05, 0) is 29.8 Å². The van der Waals surface area contributed by atoms with Gasteiger partial charge in [0.15, 0.2) is 5.96 Å². The first kappa shape index (κ1) is 19.2. The lowest BCUT2D eigenvalue weighted by atomic mass is 10.2. The van der Waals surface area contributed by atoms with E-state index in [1.807, 2.05) is 54.6 Å². The highest BCUT2D eigenvalue weighted by Gasteiger charge is 1.97. The molecule has 2 rings (SSSR count). The summed E-state index contributed by atoms with van der Waals surface area (Å²) in [6, 6.07) is 17.5. The molecule has 0 heterocycles. The normalized spacial score (nSPS) is 10.7. The number of nitrogens with zero attached hydrogens (tertiary/aromatic N) is 1. The van der Waals surface area contributed by atoms with Crippen LogP contribution in [0, 0.1) is 0 Å². The van der Waals surface area contributed by atoms with Crippen molar-refractivity contribution in [3.63, 3.8) is 0 Å². The Labute approximate surface area is 153 Å². The molecule has 0 aliphatic heterocycles. The molecule has 0 saturated heterocycles. The van der Waals surface area contributed by atoms with Crippen LogP contribution in [0.3, 0.4) is 0 Å². The highest BCUT2D eigenvalue weighted by molar-refractivity contribution is 14.0. The van der Waals surface area contributed by atoms with Crippen LogP contribution in [0.4, 0.5) is 5.69 Å². The number of guanidine groups is 1. The van der Waals surface area contributed by atoms with E-state index < -0.39 is 0 Å². The van der Waals surface area contributed by atoms with Crippen molar-refractivity contribution in [1.82, 2.24) is 0 Å². The molecule has 0 atom stereocenters. The Bertz CT molecular complexity index is 589. The van der Waals surface area contributed by atoms with E-state index in [2.05, 4.69) is 10.3 Å². The molecule has 2 aromatic rings. The zero-order valence-electron chi connectivity index (χ0n) is 13.1. The molecule has 6 heteroatoms. The topological polar surface area (TPSA) is 68.9 Å². The van der Waals surface area contributed by atoms with E-state index in [0.29, 0.717) is 25.7 Å². The second kappa shape index (κ2) is 10.8. The Hall–Kier alpha value is -1.80. The number of ether oxygens (including phenoxy) is 2. The Kier molecular flexibility index (Phi) is 9.08. The Morgan fingerprint density at radius 1 is 1.04 bits per heavy atom. The molecule has 0 saturated carbocycles. The number of nitrogens with two attached hydrogens (primary N) is 1. The van der Waals surface area contributed by atoms with Crippen molar-refractivity contribution in [2.45, 2.75) is 6.54 Å². The lowest BCUT2D eigenvalue weighted by Crippen LogP contribution is -2.22. The molecular weight excluding hydrogens is 405 g/mol. The average Bonchev–Trinajstić information content (AvgIpc) is 2.55. The minimum absolute atomic E-state index is 0. The monoisotopic (exact) mass is 427 g/mol. The second-order valence-electron chi connectivity index (χ2n) is 4.68. The van der Waals surface area contributed by atoms with E-state index >= 15 is 0 Å². The van der Waals surface area contributed by atoms with Crippen LogP contribution in [0.2, 0.25) is 0 Å². The molecule has 5 nitrogen and oxygen atoms in total. The molecule has 0 aliphatic carbocycles. The summed E-state index contributed by atoms with van der Waals surface area (Å²) in [7, 11) is 1.65. The fourth-order valence-corrected chi connectivity index (χ4v) is 1.82. The second-order valence-corrected chi connectivity index (χ2v) is 4.68. The average molecular weight is 427 g/mol. The maximum atomic E-state index is 5.86.